The van der Waals surface area contributed by atoms with Crippen LogP contribution in [0.5, 0.6) is 0 Å². The summed E-state index contributed by atoms with van der Waals surface area (Å²) in [6.07, 6.45) is 0. The second-order valence-corrected chi connectivity index (χ2v) is 4.88. The molecule has 0 bridgehead atoms. The first-order valence-corrected chi connectivity index (χ1v) is 7.50. The van der Waals surface area contributed by atoms with Gasteiger partial charge in [-0.05, 0) is 24.3 Å². The zero-order valence-electron chi connectivity index (χ0n) is 14.4. The number of rotatable bonds is 6. The van der Waals surface area contributed by atoms with Crippen molar-refractivity contribution in [1.82, 2.24) is 10.6 Å². The fraction of sp³-hybridized carbons (Fsp3) is 0.111. The van der Waals surface area contributed by atoms with E-state index in [-0.39, 0.29) is 44.4 Å². The average Bonchev–Trinajstić information content (AvgIpc) is 2.66. The largest absolute Gasteiger partial charge is 0.480 e. The van der Waals surface area contributed by atoms with Gasteiger partial charge in [0.05, 0.1) is 0 Å². The summed E-state index contributed by atoms with van der Waals surface area (Å²) >= 11 is 0. The standard InChI is InChI=1S/2C9H9NO3.Zn/c2*11-8(12)6-10-9(13)7-4-2-1-3-5-7;/h2*1-5H,6H2,(H,10,13)(H,11,12);. The Kier molecular flexibility index (Phi) is 11.7. The molecule has 0 aromatic heterocycles. The normalized spacial score (nSPS) is 8.89. The molecular weight excluding hydrogens is 406 g/mol. The van der Waals surface area contributed by atoms with Crippen molar-refractivity contribution >= 4 is 23.8 Å². The number of carboxylic acids is 2. The molecule has 0 aliphatic carbocycles. The summed E-state index contributed by atoms with van der Waals surface area (Å²) < 4.78 is 0. The number of aliphatic carboxylic acids is 2. The molecule has 0 aliphatic heterocycles. The van der Waals surface area contributed by atoms with E-state index in [0.717, 1.165) is 0 Å². The fourth-order valence-electron chi connectivity index (χ4n) is 1.69. The van der Waals surface area contributed by atoms with Gasteiger partial charge in [0, 0.05) is 30.6 Å². The topological polar surface area (TPSA) is 133 Å². The van der Waals surface area contributed by atoms with Crippen molar-refractivity contribution in [1.29, 1.82) is 0 Å². The molecule has 4 N–H and O–H groups in total. The third-order valence-electron chi connectivity index (χ3n) is 2.87. The van der Waals surface area contributed by atoms with Crippen LogP contribution in [0.1, 0.15) is 20.7 Å². The van der Waals surface area contributed by atoms with Crippen LogP contribution in [0, 0.1) is 0 Å². The van der Waals surface area contributed by atoms with Gasteiger partial charge >= 0.3 is 11.9 Å². The van der Waals surface area contributed by atoms with Crippen molar-refractivity contribution in [3.8, 4) is 0 Å². The third kappa shape index (κ3) is 10.5. The van der Waals surface area contributed by atoms with E-state index in [1.165, 1.54) is 0 Å². The van der Waals surface area contributed by atoms with E-state index in [4.69, 9.17) is 10.2 Å². The fourth-order valence-corrected chi connectivity index (χ4v) is 1.69. The summed E-state index contributed by atoms with van der Waals surface area (Å²) in [4.78, 5) is 42.6. The summed E-state index contributed by atoms with van der Waals surface area (Å²) in [5.74, 6) is -2.85. The minimum Gasteiger partial charge on any atom is -0.480 e. The van der Waals surface area contributed by atoms with E-state index in [0.29, 0.717) is 11.1 Å². The van der Waals surface area contributed by atoms with Gasteiger partial charge in [-0.3, -0.25) is 19.2 Å². The molecule has 9 heteroatoms. The van der Waals surface area contributed by atoms with Crippen LogP contribution in [0.25, 0.3) is 0 Å². The van der Waals surface area contributed by atoms with Gasteiger partial charge in [0.1, 0.15) is 13.1 Å². The molecule has 2 aromatic carbocycles. The van der Waals surface area contributed by atoms with Crippen LogP contribution in [0.15, 0.2) is 60.7 Å². The van der Waals surface area contributed by atoms with Crippen LogP contribution >= 0.6 is 0 Å². The molecule has 0 saturated carbocycles. The molecule has 0 saturated heterocycles. The van der Waals surface area contributed by atoms with E-state index in [1.807, 2.05) is 0 Å². The number of hydrogen-bond acceptors (Lipinski definition) is 4. The van der Waals surface area contributed by atoms with Crippen molar-refractivity contribution in [2.45, 2.75) is 0 Å². The van der Waals surface area contributed by atoms with E-state index >= 15 is 0 Å². The zero-order valence-corrected chi connectivity index (χ0v) is 17.4. The first-order valence-electron chi connectivity index (χ1n) is 7.50. The Labute approximate surface area is 168 Å². The van der Waals surface area contributed by atoms with Crippen molar-refractivity contribution in [2.75, 3.05) is 13.1 Å². The monoisotopic (exact) mass is 422 g/mol. The maximum Gasteiger partial charge on any atom is 0.322 e. The molecular formula is C18H18N2O6Zn. The minimum absolute atomic E-state index is 0. The van der Waals surface area contributed by atoms with E-state index in [9.17, 15) is 19.2 Å². The number of hydrogen-bond donors (Lipinski definition) is 4. The number of amides is 2. The Bertz CT molecular complexity index is 687. The number of nitrogens with one attached hydrogen (secondary N) is 2. The number of carbonyl (C=O) groups excluding carboxylic acids is 2. The van der Waals surface area contributed by atoms with E-state index < -0.39 is 11.9 Å². The first kappa shape index (κ1) is 23.9. The molecule has 0 unspecified atom stereocenters. The summed E-state index contributed by atoms with van der Waals surface area (Å²) in [6, 6.07) is 16.9. The Hall–Kier alpha value is -3.06. The van der Waals surface area contributed by atoms with Gasteiger partial charge in [-0.25, -0.2) is 0 Å². The maximum atomic E-state index is 11.2. The molecule has 0 heterocycles. The van der Waals surface area contributed by atoms with Crippen molar-refractivity contribution in [3.63, 3.8) is 0 Å². The van der Waals surface area contributed by atoms with Gasteiger partial charge in [-0.15, -0.1) is 0 Å². The Morgan fingerprint density at radius 1 is 0.630 bits per heavy atom. The van der Waals surface area contributed by atoms with Gasteiger partial charge in [-0.1, -0.05) is 36.4 Å². The number of carbonyl (C=O) groups is 4. The molecule has 0 atom stereocenters. The summed E-state index contributed by atoms with van der Waals surface area (Å²) in [7, 11) is 0. The Morgan fingerprint density at radius 3 is 1.19 bits per heavy atom. The molecule has 138 valence electrons. The molecule has 0 aliphatic rings. The number of benzene rings is 2. The molecule has 0 fully saturated rings. The molecule has 0 radical (unpaired) electrons. The zero-order chi connectivity index (χ0) is 19.4. The summed E-state index contributed by atoms with van der Waals surface area (Å²) in [5.41, 5.74) is 0.924. The molecule has 2 rings (SSSR count). The quantitative estimate of drug-likeness (QED) is 0.512. The van der Waals surface area contributed by atoms with Crippen LogP contribution in [-0.4, -0.2) is 47.1 Å². The summed E-state index contributed by atoms with van der Waals surface area (Å²) in [5, 5.41) is 21.1. The molecule has 27 heavy (non-hydrogen) atoms. The van der Waals surface area contributed by atoms with Crippen molar-refractivity contribution in [2.24, 2.45) is 0 Å². The van der Waals surface area contributed by atoms with Crippen molar-refractivity contribution in [3.05, 3.63) is 71.8 Å². The van der Waals surface area contributed by atoms with E-state index in [2.05, 4.69) is 10.6 Å². The van der Waals surface area contributed by atoms with Gasteiger partial charge in [-0.2, -0.15) is 0 Å². The molecule has 0 spiro atoms. The van der Waals surface area contributed by atoms with Gasteiger partial charge < -0.3 is 20.8 Å². The molecule has 2 amide bonds. The predicted octanol–water partition coefficient (Wildman–Crippen LogP) is 0.999. The Morgan fingerprint density at radius 2 is 0.926 bits per heavy atom. The SMILES string of the molecule is O=C(O)CNC(=O)c1ccccc1.O=C(O)CNC(=O)c1ccccc1.[Zn]. The second kappa shape index (κ2) is 13.2. The first-order chi connectivity index (χ1) is 12.4. The van der Waals surface area contributed by atoms with Crippen LogP contribution < -0.4 is 10.6 Å². The maximum absolute atomic E-state index is 11.2. The van der Waals surface area contributed by atoms with Gasteiger partial charge in [0.15, 0.2) is 0 Å². The van der Waals surface area contributed by atoms with Crippen LogP contribution in [0.2, 0.25) is 0 Å². The van der Waals surface area contributed by atoms with E-state index in [1.54, 1.807) is 60.7 Å². The van der Waals surface area contributed by atoms with Crippen molar-refractivity contribution < 1.29 is 48.9 Å². The van der Waals surface area contributed by atoms with Crippen LogP contribution in [0.4, 0.5) is 0 Å². The summed E-state index contributed by atoms with van der Waals surface area (Å²) in [6.45, 7) is -0.707. The van der Waals surface area contributed by atoms with Crippen LogP contribution in [-0.2, 0) is 29.1 Å². The average molecular weight is 424 g/mol. The second-order valence-electron chi connectivity index (χ2n) is 4.88. The third-order valence-corrected chi connectivity index (χ3v) is 2.87. The Balaban J connectivity index is 0.000000483. The number of carboxylic acid groups (broad SMARTS) is 2. The predicted molar refractivity (Wildman–Crippen MR) is 92.8 cm³/mol. The minimum atomic E-state index is -1.05. The smallest absolute Gasteiger partial charge is 0.322 e. The van der Waals surface area contributed by atoms with Gasteiger partial charge in [0.2, 0.25) is 0 Å². The molecule has 2 aromatic rings. The van der Waals surface area contributed by atoms with Gasteiger partial charge in [0.25, 0.3) is 11.8 Å². The van der Waals surface area contributed by atoms with Crippen LogP contribution in [0.3, 0.4) is 0 Å². The molecule has 8 nitrogen and oxygen atoms in total.